The second-order valence-corrected chi connectivity index (χ2v) is 9.21. The Hall–Kier alpha value is -0.430. The molecule has 20 heavy (non-hydrogen) atoms. The molecule has 1 fully saturated rings. The van der Waals surface area contributed by atoms with Crippen molar-refractivity contribution in [1.29, 1.82) is 0 Å². The van der Waals surface area contributed by atoms with E-state index in [4.69, 9.17) is 5.84 Å². The highest BCUT2D eigenvalue weighted by molar-refractivity contribution is 7.91. The van der Waals surface area contributed by atoms with Gasteiger partial charge in [0.05, 0.1) is 11.3 Å². The first-order chi connectivity index (χ1) is 9.45. The molecular formula is C14H24N2O2S2. The van der Waals surface area contributed by atoms with Gasteiger partial charge in [-0.1, -0.05) is 13.3 Å². The maximum atomic E-state index is 11.8. The predicted molar refractivity (Wildman–Crippen MR) is 84.4 cm³/mol. The Bertz CT molecular complexity index is 539. The molecule has 1 aromatic rings. The van der Waals surface area contributed by atoms with Crippen molar-refractivity contribution in [1.82, 2.24) is 5.43 Å². The van der Waals surface area contributed by atoms with E-state index in [9.17, 15) is 8.42 Å². The number of aryl methyl sites for hydroxylation is 1. The largest absolute Gasteiger partial charge is 0.271 e. The summed E-state index contributed by atoms with van der Waals surface area (Å²) in [6, 6.07) is 4.34. The highest BCUT2D eigenvalue weighted by Gasteiger charge is 2.33. The summed E-state index contributed by atoms with van der Waals surface area (Å²) in [5.74, 6) is 6.05. The highest BCUT2D eigenvalue weighted by atomic mass is 32.2. The molecule has 0 amide bonds. The fraction of sp³-hybridized carbons (Fsp3) is 0.714. The first-order valence-electron chi connectivity index (χ1n) is 7.19. The summed E-state index contributed by atoms with van der Waals surface area (Å²) in [6.07, 6.45) is 5.89. The summed E-state index contributed by atoms with van der Waals surface area (Å²) in [5.41, 5.74) is 2.91. The zero-order valence-corrected chi connectivity index (χ0v) is 13.8. The third-order valence-electron chi connectivity index (χ3n) is 4.26. The van der Waals surface area contributed by atoms with Crippen LogP contribution in [0.1, 0.15) is 48.4 Å². The molecule has 114 valence electrons. The van der Waals surface area contributed by atoms with Crippen LogP contribution in [-0.4, -0.2) is 19.9 Å². The van der Waals surface area contributed by atoms with Crippen molar-refractivity contribution in [3.63, 3.8) is 0 Å². The van der Waals surface area contributed by atoms with Gasteiger partial charge in [0.1, 0.15) is 9.84 Å². The van der Waals surface area contributed by atoms with E-state index in [1.807, 2.05) is 0 Å². The summed E-state index contributed by atoms with van der Waals surface area (Å²) in [6.45, 7) is 2.14. The quantitative estimate of drug-likeness (QED) is 0.646. The zero-order valence-electron chi connectivity index (χ0n) is 12.1. The minimum atomic E-state index is -2.95. The average Bonchev–Trinajstić information content (AvgIpc) is 2.88. The van der Waals surface area contributed by atoms with Crippen LogP contribution in [0, 0.1) is 5.92 Å². The standard InChI is InChI=1S/C14H24N2O2S2/c1-3-11-7-8-13(19-11)14(16-15)10-5-4-6-12(9-10)20(2,17)18/h7-8,10,12,14,16H,3-6,9,15H2,1-2H3. The molecular weight excluding hydrogens is 292 g/mol. The molecule has 0 aromatic carbocycles. The second-order valence-electron chi connectivity index (χ2n) is 5.68. The lowest BCUT2D eigenvalue weighted by Gasteiger charge is -2.33. The van der Waals surface area contributed by atoms with Gasteiger partial charge in [-0.2, -0.15) is 0 Å². The van der Waals surface area contributed by atoms with Gasteiger partial charge in [-0.05, 0) is 43.7 Å². The van der Waals surface area contributed by atoms with Crippen LogP contribution in [0.15, 0.2) is 12.1 Å². The second kappa shape index (κ2) is 6.56. The van der Waals surface area contributed by atoms with Crippen molar-refractivity contribution in [3.05, 3.63) is 21.9 Å². The Balaban J connectivity index is 2.15. The number of rotatable bonds is 5. The number of nitrogens with two attached hydrogens (primary N) is 1. The molecule has 3 N–H and O–H groups in total. The fourth-order valence-electron chi connectivity index (χ4n) is 3.07. The summed E-state index contributed by atoms with van der Waals surface area (Å²) in [5, 5.41) is -0.206. The van der Waals surface area contributed by atoms with Crippen molar-refractivity contribution in [2.45, 2.75) is 50.3 Å². The van der Waals surface area contributed by atoms with E-state index in [2.05, 4.69) is 24.5 Å². The minimum Gasteiger partial charge on any atom is -0.271 e. The average molecular weight is 316 g/mol. The zero-order chi connectivity index (χ0) is 14.8. The van der Waals surface area contributed by atoms with Gasteiger partial charge in [-0.3, -0.25) is 11.3 Å². The molecule has 6 heteroatoms. The van der Waals surface area contributed by atoms with Gasteiger partial charge in [-0.15, -0.1) is 11.3 Å². The third kappa shape index (κ3) is 3.61. The minimum absolute atomic E-state index is 0.0739. The van der Waals surface area contributed by atoms with Crippen molar-refractivity contribution in [3.8, 4) is 0 Å². The number of nitrogens with one attached hydrogen (secondary N) is 1. The van der Waals surface area contributed by atoms with Gasteiger partial charge in [0.15, 0.2) is 0 Å². The molecule has 0 bridgehead atoms. The maximum Gasteiger partial charge on any atom is 0.150 e. The van der Waals surface area contributed by atoms with Gasteiger partial charge >= 0.3 is 0 Å². The Kier molecular flexibility index (Phi) is 5.23. The van der Waals surface area contributed by atoms with Gasteiger partial charge in [0.2, 0.25) is 0 Å². The number of thiophene rings is 1. The molecule has 1 aliphatic rings. The first kappa shape index (κ1) is 15.9. The topological polar surface area (TPSA) is 72.2 Å². The van der Waals surface area contributed by atoms with E-state index < -0.39 is 9.84 Å². The van der Waals surface area contributed by atoms with Crippen LogP contribution < -0.4 is 11.3 Å². The van der Waals surface area contributed by atoms with E-state index >= 15 is 0 Å². The maximum absolute atomic E-state index is 11.8. The van der Waals surface area contributed by atoms with Gasteiger partial charge in [-0.25, -0.2) is 8.42 Å². The lowest BCUT2D eigenvalue weighted by Crippen LogP contribution is -2.38. The SMILES string of the molecule is CCc1ccc(C(NN)C2CCCC(S(C)(=O)=O)C2)s1. The van der Waals surface area contributed by atoms with Crippen LogP contribution in [0.25, 0.3) is 0 Å². The van der Waals surface area contributed by atoms with E-state index in [1.165, 1.54) is 16.0 Å². The Morgan fingerprint density at radius 2 is 2.20 bits per heavy atom. The van der Waals surface area contributed by atoms with Crippen LogP contribution >= 0.6 is 11.3 Å². The van der Waals surface area contributed by atoms with Crippen LogP contribution in [-0.2, 0) is 16.3 Å². The van der Waals surface area contributed by atoms with Crippen LogP contribution in [0.5, 0.6) is 0 Å². The molecule has 1 aromatic heterocycles. The molecule has 4 nitrogen and oxygen atoms in total. The molecule has 1 aliphatic carbocycles. The Morgan fingerprint density at radius 3 is 2.75 bits per heavy atom. The lowest BCUT2D eigenvalue weighted by atomic mass is 9.83. The molecule has 3 unspecified atom stereocenters. The van der Waals surface area contributed by atoms with Crippen molar-refractivity contribution in [2.24, 2.45) is 11.8 Å². The van der Waals surface area contributed by atoms with E-state index in [0.29, 0.717) is 12.3 Å². The van der Waals surface area contributed by atoms with Gasteiger partial charge in [0.25, 0.3) is 0 Å². The lowest BCUT2D eigenvalue weighted by molar-refractivity contribution is 0.277. The van der Waals surface area contributed by atoms with Gasteiger partial charge < -0.3 is 0 Å². The van der Waals surface area contributed by atoms with E-state index in [-0.39, 0.29) is 11.3 Å². The monoisotopic (exact) mass is 316 g/mol. The smallest absolute Gasteiger partial charge is 0.150 e. The van der Waals surface area contributed by atoms with Crippen LogP contribution in [0.3, 0.4) is 0 Å². The number of hydrazine groups is 1. The van der Waals surface area contributed by atoms with Crippen molar-refractivity contribution >= 4 is 21.2 Å². The Labute approximate surface area is 125 Å². The van der Waals surface area contributed by atoms with E-state index in [1.54, 1.807) is 11.3 Å². The molecule has 1 saturated carbocycles. The van der Waals surface area contributed by atoms with Crippen LogP contribution in [0.4, 0.5) is 0 Å². The molecule has 0 radical (unpaired) electrons. The summed E-state index contributed by atoms with van der Waals surface area (Å²) >= 11 is 1.78. The number of hydrogen-bond acceptors (Lipinski definition) is 5. The molecule has 0 spiro atoms. The third-order valence-corrected chi connectivity index (χ3v) is 7.21. The highest BCUT2D eigenvalue weighted by Crippen LogP contribution is 2.38. The van der Waals surface area contributed by atoms with E-state index in [0.717, 1.165) is 25.7 Å². The van der Waals surface area contributed by atoms with Gasteiger partial charge in [0, 0.05) is 16.0 Å². The molecule has 2 rings (SSSR count). The number of hydrogen-bond donors (Lipinski definition) is 2. The normalized spacial score (nSPS) is 25.6. The fourth-order valence-corrected chi connectivity index (χ4v) is 5.37. The summed E-state index contributed by atoms with van der Waals surface area (Å²) in [7, 11) is -2.95. The van der Waals surface area contributed by atoms with Crippen LogP contribution in [0.2, 0.25) is 0 Å². The molecule has 0 saturated heterocycles. The Morgan fingerprint density at radius 1 is 1.45 bits per heavy atom. The molecule has 1 heterocycles. The molecule has 3 atom stereocenters. The first-order valence-corrected chi connectivity index (χ1v) is 9.96. The van der Waals surface area contributed by atoms with Crippen molar-refractivity contribution < 1.29 is 8.42 Å². The number of sulfone groups is 1. The summed E-state index contributed by atoms with van der Waals surface area (Å²) < 4.78 is 23.6. The predicted octanol–water partition coefficient (Wildman–Crippen LogP) is 2.42. The summed E-state index contributed by atoms with van der Waals surface area (Å²) in [4.78, 5) is 2.57. The van der Waals surface area contributed by atoms with Crippen molar-refractivity contribution in [2.75, 3.05) is 6.26 Å². The molecule has 0 aliphatic heterocycles.